The molecule has 0 spiro atoms. The molecule has 0 unspecified atom stereocenters. The summed E-state index contributed by atoms with van der Waals surface area (Å²) >= 11 is 3.60. The first-order valence-electron chi connectivity index (χ1n) is 14.5. The van der Waals surface area contributed by atoms with Crippen molar-refractivity contribution in [3.63, 3.8) is 0 Å². The van der Waals surface area contributed by atoms with Crippen LogP contribution in [0.1, 0.15) is 20.7 Å². The SMILES string of the molecule is Fc1c(F)c(-c2nc3ccccc3s2)c(F)c(F)c1-c1nc2ccccc2s1.O=C(O)c1c(F)c(F)c(C(=O)O)c(F)c1F.c1ccc2scnc2c1. The smallest absolute Gasteiger partial charge is 0.341 e. The largest absolute Gasteiger partial charge is 0.477 e. The van der Waals surface area contributed by atoms with E-state index in [1.165, 1.54) is 4.70 Å². The fourth-order valence-corrected chi connectivity index (χ4v) is 7.45. The summed E-state index contributed by atoms with van der Waals surface area (Å²) in [6.07, 6.45) is 0. The molecule has 3 heterocycles. The maximum Gasteiger partial charge on any atom is 0.341 e. The lowest BCUT2D eigenvalue weighted by molar-refractivity contribution is 0.0658. The van der Waals surface area contributed by atoms with Crippen LogP contribution in [0.25, 0.3) is 51.8 Å². The Balaban J connectivity index is 0.000000161. The Hall–Kier alpha value is -5.85. The van der Waals surface area contributed by atoms with Crippen LogP contribution in [0.3, 0.4) is 0 Å². The van der Waals surface area contributed by atoms with Crippen LogP contribution in [-0.4, -0.2) is 37.1 Å². The number of halogens is 8. The van der Waals surface area contributed by atoms with E-state index >= 15 is 0 Å². The lowest BCUT2D eigenvalue weighted by atomic mass is 10.1. The minimum absolute atomic E-state index is 0.121. The van der Waals surface area contributed by atoms with Crippen molar-refractivity contribution in [3.05, 3.63) is 136 Å². The fourth-order valence-electron chi connectivity index (χ4n) is 4.78. The standard InChI is InChI=1S/C20H8F4N2S2.C8H2F4O4.C7H5NS/c21-15-13(19-25-9-5-1-3-7-11(9)27-19)16(22)18(24)14(17(15)23)20-26-10-6-2-4-8-12(10)28-20;9-3-1(7(13)14)4(10)6(12)2(5(3)11)8(15)16;1-2-4-7-6(3-1)8-5-9-7/h1-8H;(H,13,14)(H,15,16);1-5H. The van der Waals surface area contributed by atoms with E-state index in [9.17, 15) is 44.7 Å². The Morgan fingerprint density at radius 3 is 1.15 bits per heavy atom. The molecule has 7 nitrogen and oxygen atoms in total. The van der Waals surface area contributed by atoms with Crippen LogP contribution >= 0.6 is 34.0 Å². The Morgan fingerprint density at radius 2 is 0.811 bits per heavy atom. The number of carboxylic acids is 2. The summed E-state index contributed by atoms with van der Waals surface area (Å²) in [5.41, 5.74) is -1.40. The van der Waals surface area contributed by atoms with E-state index < -0.39 is 80.7 Å². The molecule has 8 rings (SSSR count). The fraction of sp³-hybridized carbons (Fsp3) is 0. The lowest BCUT2D eigenvalue weighted by Crippen LogP contribution is -2.15. The van der Waals surface area contributed by atoms with Gasteiger partial charge >= 0.3 is 11.9 Å². The number of hydrogen-bond donors (Lipinski definition) is 2. The molecule has 0 bridgehead atoms. The van der Waals surface area contributed by atoms with Gasteiger partial charge in [0.2, 0.25) is 0 Å². The summed E-state index contributed by atoms with van der Waals surface area (Å²) in [5, 5.41) is 16.3. The summed E-state index contributed by atoms with van der Waals surface area (Å²) in [5.74, 6) is -19.5. The molecule has 0 amide bonds. The monoisotopic (exact) mass is 789 g/mol. The molecular weight excluding hydrogens is 775 g/mol. The Labute approximate surface area is 302 Å². The van der Waals surface area contributed by atoms with Gasteiger partial charge in [-0.25, -0.2) is 59.7 Å². The number of para-hydroxylation sites is 3. The van der Waals surface area contributed by atoms with E-state index in [1.54, 1.807) is 59.9 Å². The molecule has 0 aliphatic heterocycles. The zero-order valence-electron chi connectivity index (χ0n) is 25.8. The first-order valence-corrected chi connectivity index (χ1v) is 17.0. The van der Waals surface area contributed by atoms with Crippen molar-refractivity contribution in [2.45, 2.75) is 0 Å². The second kappa shape index (κ2) is 15.0. The average Bonchev–Trinajstić information content (AvgIpc) is 3.89. The molecule has 268 valence electrons. The number of nitrogens with zero attached hydrogens (tertiary/aromatic N) is 3. The first kappa shape index (κ1) is 36.9. The predicted octanol–water partition coefficient (Wildman–Crippen LogP) is 10.7. The van der Waals surface area contributed by atoms with Gasteiger partial charge in [-0.15, -0.1) is 34.0 Å². The number of fused-ring (bicyclic) bond motifs is 3. The van der Waals surface area contributed by atoms with E-state index in [-0.39, 0.29) is 10.0 Å². The number of hydrogen-bond acceptors (Lipinski definition) is 8. The van der Waals surface area contributed by atoms with Crippen molar-refractivity contribution in [1.82, 2.24) is 15.0 Å². The van der Waals surface area contributed by atoms with Crippen molar-refractivity contribution in [3.8, 4) is 21.1 Å². The summed E-state index contributed by atoms with van der Waals surface area (Å²) in [6.45, 7) is 0. The zero-order chi connectivity index (χ0) is 38.1. The summed E-state index contributed by atoms with van der Waals surface area (Å²) < 4.78 is 113. The number of aromatic nitrogens is 3. The number of rotatable bonds is 4. The molecule has 3 aromatic heterocycles. The molecule has 0 atom stereocenters. The van der Waals surface area contributed by atoms with Gasteiger partial charge in [0.1, 0.15) is 21.1 Å². The third-order valence-corrected chi connectivity index (χ3v) is 10.1. The van der Waals surface area contributed by atoms with Crippen LogP contribution in [0.4, 0.5) is 35.1 Å². The highest BCUT2D eigenvalue weighted by atomic mass is 32.1. The van der Waals surface area contributed by atoms with Crippen molar-refractivity contribution in [2.24, 2.45) is 0 Å². The van der Waals surface area contributed by atoms with Gasteiger partial charge in [-0.1, -0.05) is 36.4 Å². The molecule has 0 radical (unpaired) electrons. The Kier molecular flexibility index (Phi) is 10.5. The molecule has 53 heavy (non-hydrogen) atoms. The van der Waals surface area contributed by atoms with E-state index in [2.05, 4.69) is 21.0 Å². The molecule has 8 aromatic rings. The molecule has 0 saturated heterocycles. The zero-order valence-corrected chi connectivity index (χ0v) is 28.3. The maximum atomic E-state index is 14.8. The predicted molar refractivity (Wildman–Crippen MR) is 183 cm³/mol. The normalized spacial score (nSPS) is 10.9. The van der Waals surface area contributed by atoms with Crippen LogP contribution in [0, 0.1) is 46.5 Å². The van der Waals surface area contributed by atoms with Crippen molar-refractivity contribution >= 4 is 76.6 Å². The second-order valence-corrected chi connectivity index (χ2v) is 13.4. The molecular formula is C35H15F8N3O4S3. The van der Waals surface area contributed by atoms with E-state index in [0.717, 1.165) is 28.2 Å². The quantitative estimate of drug-likeness (QED) is 0.135. The highest BCUT2D eigenvalue weighted by Crippen LogP contribution is 2.41. The van der Waals surface area contributed by atoms with Crippen LogP contribution in [0.2, 0.25) is 0 Å². The highest BCUT2D eigenvalue weighted by molar-refractivity contribution is 7.22. The van der Waals surface area contributed by atoms with Crippen molar-refractivity contribution in [1.29, 1.82) is 0 Å². The van der Waals surface area contributed by atoms with Crippen LogP contribution < -0.4 is 0 Å². The minimum Gasteiger partial charge on any atom is -0.477 e. The van der Waals surface area contributed by atoms with Crippen LogP contribution in [0.5, 0.6) is 0 Å². The van der Waals surface area contributed by atoms with Gasteiger partial charge in [0.15, 0.2) is 46.5 Å². The number of carboxylic acid groups (broad SMARTS) is 2. The number of benzene rings is 5. The second-order valence-electron chi connectivity index (χ2n) is 10.4. The minimum atomic E-state index is -2.26. The molecule has 18 heteroatoms. The molecule has 0 saturated carbocycles. The molecule has 0 fully saturated rings. The first-order chi connectivity index (χ1) is 25.3. The van der Waals surface area contributed by atoms with Gasteiger partial charge in [-0.3, -0.25) is 0 Å². The van der Waals surface area contributed by atoms with E-state index in [4.69, 9.17) is 10.2 Å². The number of thiazole rings is 3. The summed E-state index contributed by atoms with van der Waals surface area (Å²) in [7, 11) is 0. The van der Waals surface area contributed by atoms with E-state index in [0.29, 0.717) is 20.4 Å². The number of carbonyl (C=O) groups is 2. The van der Waals surface area contributed by atoms with Crippen LogP contribution in [0.15, 0.2) is 78.3 Å². The van der Waals surface area contributed by atoms with Crippen molar-refractivity contribution < 1.29 is 54.9 Å². The van der Waals surface area contributed by atoms with Gasteiger partial charge in [-0.05, 0) is 36.4 Å². The average molecular weight is 790 g/mol. The van der Waals surface area contributed by atoms with Crippen LogP contribution in [-0.2, 0) is 0 Å². The summed E-state index contributed by atoms with van der Waals surface area (Å²) in [4.78, 5) is 32.9. The topological polar surface area (TPSA) is 113 Å². The maximum absolute atomic E-state index is 14.8. The summed E-state index contributed by atoms with van der Waals surface area (Å²) in [6, 6.07) is 21.8. The molecule has 5 aromatic carbocycles. The molecule has 0 aliphatic carbocycles. The Bertz CT molecular complexity index is 2410. The van der Waals surface area contributed by atoms with Gasteiger partial charge < -0.3 is 10.2 Å². The Morgan fingerprint density at radius 1 is 0.472 bits per heavy atom. The third-order valence-electron chi connectivity index (χ3n) is 7.21. The molecule has 2 N–H and O–H groups in total. The van der Waals surface area contributed by atoms with Gasteiger partial charge in [0.25, 0.3) is 0 Å². The van der Waals surface area contributed by atoms with Crippen molar-refractivity contribution in [2.75, 3.05) is 0 Å². The van der Waals surface area contributed by atoms with E-state index in [1.807, 2.05) is 23.7 Å². The van der Waals surface area contributed by atoms with Gasteiger partial charge in [0.05, 0.1) is 47.3 Å². The number of aromatic carboxylic acids is 2. The van der Waals surface area contributed by atoms with Gasteiger partial charge in [-0.2, -0.15) is 0 Å². The lowest BCUT2D eigenvalue weighted by Gasteiger charge is -2.08. The third kappa shape index (κ3) is 7.03. The van der Waals surface area contributed by atoms with Gasteiger partial charge in [0, 0.05) is 0 Å². The molecule has 0 aliphatic rings. The highest BCUT2D eigenvalue weighted by Gasteiger charge is 2.32.